The topological polar surface area (TPSA) is 75.4 Å². The lowest BCUT2D eigenvalue weighted by Crippen LogP contribution is -2.62. The molecule has 0 aliphatic heterocycles. The van der Waals surface area contributed by atoms with Crippen LogP contribution in [0.2, 0.25) is 5.15 Å². The van der Waals surface area contributed by atoms with E-state index in [4.69, 9.17) is 11.6 Å². The van der Waals surface area contributed by atoms with Gasteiger partial charge < -0.3 is 5.11 Å². The lowest BCUT2D eigenvalue weighted by molar-refractivity contribution is -0.387. The molecule has 1 N–H and O–H groups in total. The van der Waals surface area contributed by atoms with E-state index in [2.05, 4.69) is 5.10 Å². The summed E-state index contributed by atoms with van der Waals surface area (Å²) in [7, 11) is -3.76. The maximum absolute atomic E-state index is 13.2. The van der Waals surface area contributed by atoms with Gasteiger partial charge in [0.2, 0.25) is 0 Å². The second-order valence-corrected chi connectivity index (χ2v) is 9.94. The summed E-state index contributed by atoms with van der Waals surface area (Å²) in [5.41, 5.74) is -5.26. The third-order valence-corrected chi connectivity index (χ3v) is 8.05. The number of sulfonamides is 1. The normalized spacial score (nSPS) is 21.6. The lowest BCUT2D eigenvalue weighted by atomic mass is 9.74. The molecule has 0 radical (unpaired) electrons. The second kappa shape index (κ2) is 8.75. The fourth-order valence-electron chi connectivity index (χ4n) is 3.93. The molecule has 1 saturated carbocycles. The van der Waals surface area contributed by atoms with E-state index in [1.807, 2.05) is 0 Å². The van der Waals surface area contributed by atoms with Crippen LogP contribution < -0.4 is 0 Å². The summed E-state index contributed by atoms with van der Waals surface area (Å²) in [6, 6.07) is -1.58. The molecule has 0 atom stereocenters. The zero-order valence-electron chi connectivity index (χ0n) is 17.0. The molecular formula is C16H19ClF9N3O3S. The summed E-state index contributed by atoms with van der Waals surface area (Å²) in [6.07, 6.45) is -20.9. The summed E-state index contributed by atoms with van der Waals surface area (Å²) < 4.78 is 145. The first-order valence-electron chi connectivity index (χ1n) is 9.28. The van der Waals surface area contributed by atoms with Gasteiger partial charge in [0.1, 0.15) is 11.7 Å². The number of hydrogen-bond donors (Lipinski definition) is 1. The molecule has 0 saturated heterocycles. The van der Waals surface area contributed by atoms with Gasteiger partial charge in [-0.15, -0.1) is 0 Å². The van der Waals surface area contributed by atoms with Gasteiger partial charge in [-0.05, 0) is 32.6 Å². The van der Waals surface area contributed by atoms with Crippen molar-refractivity contribution in [3.8, 4) is 0 Å². The van der Waals surface area contributed by atoms with Crippen molar-refractivity contribution in [2.24, 2.45) is 13.0 Å². The summed E-state index contributed by atoms with van der Waals surface area (Å²) in [6.45, 7) is -0.862. The lowest BCUT2D eigenvalue weighted by Gasteiger charge is -2.43. The fourth-order valence-corrected chi connectivity index (χ4v) is 5.97. The number of aliphatic hydroxyl groups is 1. The van der Waals surface area contributed by atoms with Crippen molar-refractivity contribution in [2.45, 2.75) is 67.8 Å². The molecule has 6 nitrogen and oxygen atoms in total. The number of hydrogen-bond acceptors (Lipinski definition) is 4. The van der Waals surface area contributed by atoms with Crippen molar-refractivity contribution in [1.82, 2.24) is 14.1 Å². The van der Waals surface area contributed by atoms with Crippen LogP contribution in [0.4, 0.5) is 39.5 Å². The Morgan fingerprint density at radius 2 is 1.48 bits per heavy atom. The van der Waals surface area contributed by atoms with Crippen molar-refractivity contribution in [3.63, 3.8) is 0 Å². The Morgan fingerprint density at radius 1 is 1.03 bits per heavy atom. The van der Waals surface area contributed by atoms with Gasteiger partial charge in [-0.1, -0.05) is 11.6 Å². The van der Waals surface area contributed by atoms with Gasteiger partial charge in [-0.3, -0.25) is 4.68 Å². The van der Waals surface area contributed by atoms with Crippen molar-refractivity contribution < 1.29 is 53.0 Å². The minimum atomic E-state index is -6.09. The third-order valence-electron chi connectivity index (χ3n) is 5.60. The molecule has 1 aromatic heterocycles. The number of alkyl halides is 9. The highest BCUT2D eigenvalue weighted by Crippen LogP contribution is 2.52. The van der Waals surface area contributed by atoms with Gasteiger partial charge in [0.15, 0.2) is 5.03 Å². The summed E-state index contributed by atoms with van der Waals surface area (Å²) in [5.74, 6) is -2.42. The molecule has 1 aliphatic carbocycles. The SMILES string of the molecule is Cc1c(S(=O)(=O)N(CC(F)(F)F)C2CCC(C(O)(C(F)(F)F)C(F)(F)F)CC2)nn(C)c1Cl. The largest absolute Gasteiger partial charge is 0.426 e. The molecule has 17 heteroatoms. The maximum atomic E-state index is 13.2. The van der Waals surface area contributed by atoms with Crippen LogP contribution in [0, 0.1) is 12.8 Å². The van der Waals surface area contributed by atoms with E-state index in [0.717, 1.165) is 4.68 Å². The third kappa shape index (κ3) is 5.22. The molecule has 1 heterocycles. The molecule has 1 aliphatic rings. The van der Waals surface area contributed by atoms with Gasteiger partial charge in [-0.2, -0.15) is 48.9 Å². The van der Waals surface area contributed by atoms with E-state index in [-0.39, 0.29) is 15.0 Å². The van der Waals surface area contributed by atoms with Gasteiger partial charge in [-0.25, -0.2) is 8.42 Å². The Bertz CT molecular complexity index is 951. The Labute approximate surface area is 187 Å². The van der Waals surface area contributed by atoms with Crippen molar-refractivity contribution in [3.05, 3.63) is 10.7 Å². The van der Waals surface area contributed by atoms with Crippen LogP contribution in [0.25, 0.3) is 0 Å². The van der Waals surface area contributed by atoms with Gasteiger partial charge in [0.05, 0.1) is 0 Å². The molecule has 1 aromatic rings. The smallest absolute Gasteiger partial charge is 0.373 e. The zero-order chi connectivity index (χ0) is 25.8. The Kier molecular flexibility index (Phi) is 7.42. The first kappa shape index (κ1) is 28.0. The highest BCUT2D eigenvalue weighted by atomic mass is 35.5. The monoisotopic (exact) mass is 539 g/mol. The van der Waals surface area contributed by atoms with Crippen LogP contribution >= 0.6 is 11.6 Å². The van der Waals surface area contributed by atoms with Crippen LogP contribution in [0.15, 0.2) is 5.03 Å². The van der Waals surface area contributed by atoms with Crippen LogP contribution in [0.3, 0.4) is 0 Å². The first-order chi connectivity index (χ1) is 14.6. The number of aromatic nitrogens is 2. The van der Waals surface area contributed by atoms with Gasteiger partial charge in [0.25, 0.3) is 15.6 Å². The molecule has 0 amide bonds. The Balaban J connectivity index is 2.41. The number of nitrogens with zero attached hydrogens (tertiary/aromatic N) is 3. The summed E-state index contributed by atoms with van der Waals surface area (Å²) >= 11 is 5.84. The number of aryl methyl sites for hydroxylation is 1. The minimum absolute atomic E-state index is 0.0326. The highest BCUT2D eigenvalue weighted by molar-refractivity contribution is 7.89. The van der Waals surface area contributed by atoms with Crippen LogP contribution in [-0.2, 0) is 17.1 Å². The average molecular weight is 540 g/mol. The fraction of sp³-hybridized carbons (Fsp3) is 0.812. The quantitative estimate of drug-likeness (QED) is 0.565. The molecule has 192 valence electrons. The van der Waals surface area contributed by atoms with E-state index in [0.29, 0.717) is 0 Å². The maximum Gasteiger partial charge on any atom is 0.426 e. The summed E-state index contributed by atoms with van der Waals surface area (Å²) in [5, 5.41) is 12.1. The average Bonchev–Trinajstić information content (AvgIpc) is 2.91. The molecule has 0 spiro atoms. The summed E-state index contributed by atoms with van der Waals surface area (Å²) in [4.78, 5) is 0. The molecule has 0 bridgehead atoms. The molecule has 0 aromatic carbocycles. The predicted molar refractivity (Wildman–Crippen MR) is 95.7 cm³/mol. The van der Waals surface area contributed by atoms with Crippen molar-refractivity contribution in [1.29, 1.82) is 0 Å². The standard InChI is InChI=1S/C16H19ClF9N3O3S/c1-8-11(17)28(2)27-12(8)33(31,32)29(7-13(18,19)20)10-5-3-9(4-6-10)14(30,15(21,22)23)16(24,25)26/h9-10,30H,3-7H2,1-2H3. The second-order valence-electron chi connectivity index (χ2n) is 7.78. The van der Waals surface area contributed by atoms with E-state index in [9.17, 15) is 53.0 Å². The van der Waals surface area contributed by atoms with Gasteiger partial charge in [0, 0.05) is 24.6 Å². The molecular weight excluding hydrogens is 521 g/mol. The number of rotatable bonds is 5. The van der Waals surface area contributed by atoms with Crippen molar-refractivity contribution >= 4 is 21.6 Å². The van der Waals surface area contributed by atoms with E-state index < -0.39 is 83.4 Å². The van der Waals surface area contributed by atoms with Crippen LogP contribution in [0.5, 0.6) is 0 Å². The van der Waals surface area contributed by atoms with Crippen molar-refractivity contribution in [2.75, 3.05) is 6.54 Å². The van der Waals surface area contributed by atoms with Crippen LogP contribution in [-0.4, -0.2) is 64.3 Å². The first-order valence-corrected chi connectivity index (χ1v) is 11.1. The van der Waals surface area contributed by atoms with Crippen LogP contribution in [0.1, 0.15) is 31.2 Å². The van der Waals surface area contributed by atoms with E-state index in [1.54, 1.807) is 0 Å². The number of halogens is 10. The molecule has 1 fully saturated rings. The predicted octanol–water partition coefficient (Wildman–Crippen LogP) is 4.35. The molecule has 2 rings (SSSR count). The van der Waals surface area contributed by atoms with E-state index >= 15 is 0 Å². The zero-order valence-corrected chi connectivity index (χ0v) is 18.6. The highest BCUT2D eigenvalue weighted by Gasteiger charge is 2.73. The Hall–Kier alpha value is -1.26. The molecule has 0 unspecified atom stereocenters. The van der Waals surface area contributed by atoms with E-state index in [1.165, 1.54) is 14.0 Å². The molecule has 33 heavy (non-hydrogen) atoms. The Morgan fingerprint density at radius 3 is 1.82 bits per heavy atom. The minimum Gasteiger partial charge on any atom is -0.373 e. The van der Waals surface area contributed by atoms with Gasteiger partial charge >= 0.3 is 18.5 Å².